The highest BCUT2D eigenvalue weighted by Gasteiger charge is 2.26. The molecule has 3 aromatic carbocycles. The SMILES string of the molecule is CN(CC(=O)N(C)C(CN1CCOCC1)c1ccc(-c2ccccc2C(N)=O)cc1)c1ccc(Cl)c(Cl)c1. The van der Waals surface area contributed by atoms with Crippen molar-refractivity contribution in [1.82, 2.24) is 9.80 Å². The van der Waals surface area contributed by atoms with Crippen molar-refractivity contribution in [1.29, 1.82) is 0 Å². The molecule has 0 saturated carbocycles. The summed E-state index contributed by atoms with van der Waals surface area (Å²) in [5, 5.41) is 0.916. The van der Waals surface area contributed by atoms with E-state index in [1.54, 1.807) is 29.2 Å². The summed E-state index contributed by atoms with van der Waals surface area (Å²) in [7, 11) is 3.69. The van der Waals surface area contributed by atoms with Crippen LogP contribution in [0.3, 0.4) is 0 Å². The van der Waals surface area contributed by atoms with E-state index in [-0.39, 0.29) is 18.5 Å². The second kappa shape index (κ2) is 12.6. The van der Waals surface area contributed by atoms with Crippen LogP contribution in [-0.4, -0.2) is 75.1 Å². The van der Waals surface area contributed by atoms with Crippen LogP contribution in [0, 0.1) is 0 Å². The third-order valence-corrected chi connectivity index (χ3v) is 7.65. The average molecular weight is 556 g/mol. The van der Waals surface area contributed by atoms with Crippen LogP contribution in [0.5, 0.6) is 0 Å². The number of carbonyl (C=O) groups is 2. The number of hydrogen-bond donors (Lipinski definition) is 1. The lowest BCUT2D eigenvalue weighted by molar-refractivity contribution is -0.131. The van der Waals surface area contributed by atoms with E-state index in [2.05, 4.69) is 4.90 Å². The van der Waals surface area contributed by atoms with Crippen molar-refractivity contribution in [3.8, 4) is 11.1 Å². The normalized spacial score (nSPS) is 14.6. The first-order chi connectivity index (χ1) is 18.2. The van der Waals surface area contributed by atoms with Gasteiger partial charge in [-0.2, -0.15) is 0 Å². The van der Waals surface area contributed by atoms with Gasteiger partial charge in [0.15, 0.2) is 0 Å². The van der Waals surface area contributed by atoms with Gasteiger partial charge in [-0.25, -0.2) is 0 Å². The lowest BCUT2D eigenvalue weighted by atomic mass is 9.96. The Kier molecular flexibility index (Phi) is 9.28. The number of benzene rings is 3. The molecule has 0 aliphatic carbocycles. The summed E-state index contributed by atoms with van der Waals surface area (Å²) in [6.07, 6.45) is 0. The number of carbonyl (C=O) groups excluding carboxylic acids is 2. The number of anilines is 1. The van der Waals surface area contributed by atoms with Crippen LogP contribution in [0.15, 0.2) is 66.7 Å². The summed E-state index contributed by atoms with van der Waals surface area (Å²) >= 11 is 12.2. The Balaban J connectivity index is 1.57. The molecule has 2 N–H and O–H groups in total. The smallest absolute Gasteiger partial charge is 0.249 e. The van der Waals surface area contributed by atoms with E-state index < -0.39 is 5.91 Å². The third-order valence-electron chi connectivity index (χ3n) is 6.91. The zero-order valence-electron chi connectivity index (χ0n) is 21.6. The van der Waals surface area contributed by atoms with E-state index in [9.17, 15) is 9.59 Å². The monoisotopic (exact) mass is 554 g/mol. The van der Waals surface area contributed by atoms with Crippen LogP contribution in [0.4, 0.5) is 5.69 Å². The van der Waals surface area contributed by atoms with Gasteiger partial charge in [-0.1, -0.05) is 65.7 Å². The van der Waals surface area contributed by atoms with Crippen LogP contribution in [0.2, 0.25) is 10.0 Å². The van der Waals surface area contributed by atoms with Crippen LogP contribution in [0.25, 0.3) is 11.1 Å². The van der Waals surface area contributed by atoms with Gasteiger partial charge >= 0.3 is 0 Å². The Labute approximate surface area is 233 Å². The number of nitrogens with zero attached hydrogens (tertiary/aromatic N) is 3. The molecule has 3 aromatic rings. The summed E-state index contributed by atoms with van der Waals surface area (Å²) in [6.45, 7) is 3.83. The third kappa shape index (κ3) is 6.66. The van der Waals surface area contributed by atoms with E-state index in [1.165, 1.54) is 0 Å². The highest BCUT2D eigenvalue weighted by atomic mass is 35.5. The number of nitrogens with two attached hydrogens (primary N) is 1. The number of ether oxygens (including phenoxy) is 1. The van der Waals surface area contributed by atoms with Gasteiger partial charge in [0.1, 0.15) is 0 Å². The first kappa shape index (κ1) is 27.9. The molecule has 7 nitrogen and oxygen atoms in total. The molecule has 2 amide bonds. The molecule has 200 valence electrons. The molecule has 0 radical (unpaired) electrons. The van der Waals surface area contributed by atoms with Crippen molar-refractivity contribution >= 4 is 40.7 Å². The van der Waals surface area contributed by atoms with Crippen LogP contribution < -0.4 is 10.6 Å². The fourth-order valence-corrected chi connectivity index (χ4v) is 4.91. The second-order valence-electron chi connectivity index (χ2n) is 9.42. The van der Waals surface area contributed by atoms with Gasteiger partial charge in [0, 0.05) is 45.0 Å². The number of amides is 2. The fourth-order valence-electron chi connectivity index (χ4n) is 4.62. The molecule has 1 fully saturated rings. The molecule has 1 saturated heterocycles. The van der Waals surface area contributed by atoms with Crippen molar-refractivity contribution in [2.45, 2.75) is 6.04 Å². The summed E-state index contributed by atoms with van der Waals surface area (Å²) in [5.74, 6) is -0.494. The molecule has 0 spiro atoms. The van der Waals surface area contributed by atoms with Gasteiger partial charge < -0.3 is 20.3 Å². The van der Waals surface area contributed by atoms with E-state index in [1.807, 2.05) is 61.5 Å². The van der Waals surface area contributed by atoms with Gasteiger partial charge in [-0.3, -0.25) is 14.5 Å². The molecule has 4 rings (SSSR count). The van der Waals surface area contributed by atoms with E-state index >= 15 is 0 Å². The molecular formula is C29H32Cl2N4O3. The summed E-state index contributed by atoms with van der Waals surface area (Å²) < 4.78 is 5.52. The second-order valence-corrected chi connectivity index (χ2v) is 10.2. The van der Waals surface area contributed by atoms with Gasteiger partial charge in [0.25, 0.3) is 0 Å². The molecule has 0 bridgehead atoms. The minimum absolute atomic E-state index is 0.0278. The number of halogens is 2. The first-order valence-corrected chi connectivity index (χ1v) is 13.2. The number of hydrogen-bond acceptors (Lipinski definition) is 5. The number of rotatable bonds is 9. The van der Waals surface area contributed by atoms with E-state index in [0.29, 0.717) is 35.4 Å². The minimum Gasteiger partial charge on any atom is -0.379 e. The van der Waals surface area contributed by atoms with Crippen molar-refractivity contribution in [3.05, 3.63) is 87.9 Å². The maximum absolute atomic E-state index is 13.5. The summed E-state index contributed by atoms with van der Waals surface area (Å²) in [5.41, 5.74) is 9.55. The van der Waals surface area contributed by atoms with E-state index in [0.717, 1.165) is 35.5 Å². The Hall–Kier alpha value is -3.10. The van der Waals surface area contributed by atoms with E-state index in [4.69, 9.17) is 33.7 Å². The minimum atomic E-state index is -0.466. The predicted molar refractivity (Wildman–Crippen MR) is 153 cm³/mol. The molecule has 1 unspecified atom stereocenters. The molecule has 1 aliphatic heterocycles. The Morgan fingerprint density at radius 1 is 0.974 bits per heavy atom. The van der Waals surface area contributed by atoms with Gasteiger partial charge in [0.05, 0.1) is 35.8 Å². The highest BCUT2D eigenvalue weighted by Crippen LogP contribution is 2.29. The summed E-state index contributed by atoms with van der Waals surface area (Å²) in [6, 6.07) is 20.4. The zero-order valence-corrected chi connectivity index (χ0v) is 23.1. The molecule has 38 heavy (non-hydrogen) atoms. The molecular weight excluding hydrogens is 523 g/mol. The Morgan fingerprint density at radius 3 is 2.32 bits per heavy atom. The van der Waals surface area contributed by atoms with Crippen LogP contribution >= 0.6 is 23.2 Å². The van der Waals surface area contributed by atoms with Crippen LogP contribution in [0.1, 0.15) is 22.0 Å². The fraction of sp³-hybridized carbons (Fsp3) is 0.310. The predicted octanol–water partition coefficient (Wildman–Crippen LogP) is 4.73. The topological polar surface area (TPSA) is 79.1 Å². The lowest BCUT2D eigenvalue weighted by Gasteiger charge is -2.36. The largest absolute Gasteiger partial charge is 0.379 e. The number of likely N-dealkylation sites (N-methyl/N-ethyl adjacent to an activating group) is 2. The van der Waals surface area contributed by atoms with Crippen molar-refractivity contribution in [2.24, 2.45) is 5.73 Å². The van der Waals surface area contributed by atoms with Gasteiger partial charge in [-0.05, 0) is 41.0 Å². The van der Waals surface area contributed by atoms with Crippen molar-refractivity contribution in [3.63, 3.8) is 0 Å². The van der Waals surface area contributed by atoms with Crippen molar-refractivity contribution in [2.75, 3.05) is 58.4 Å². The van der Waals surface area contributed by atoms with Gasteiger partial charge in [-0.15, -0.1) is 0 Å². The Bertz CT molecular complexity index is 1280. The van der Waals surface area contributed by atoms with Crippen LogP contribution in [-0.2, 0) is 9.53 Å². The quantitative estimate of drug-likeness (QED) is 0.413. The molecule has 1 aliphatic rings. The van der Waals surface area contributed by atoms with Crippen molar-refractivity contribution < 1.29 is 14.3 Å². The van der Waals surface area contributed by atoms with Gasteiger partial charge in [0.2, 0.25) is 11.8 Å². The zero-order chi connectivity index (χ0) is 27.2. The number of morpholine rings is 1. The standard InChI is InChI=1S/C29H32Cl2N4O3/c1-33(22-11-12-25(30)26(31)17-22)19-28(36)34(2)27(18-35-13-15-38-16-14-35)21-9-7-20(8-10-21)23-5-3-4-6-24(23)29(32)37/h3-12,17,27H,13-16,18-19H2,1-2H3,(H2,32,37). The highest BCUT2D eigenvalue weighted by molar-refractivity contribution is 6.42. The summed E-state index contributed by atoms with van der Waals surface area (Å²) in [4.78, 5) is 31.4. The maximum Gasteiger partial charge on any atom is 0.249 e. The molecule has 9 heteroatoms. The molecule has 1 atom stereocenters. The Morgan fingerprint density at radius 2 is 1.66 bits per heavy atom. The first-order valence-electron chi connectivity index (χ1n) is 12.5. The molecule has 1 heterocycles. The average Bonchev–Trinajstić information content (AvgIpc) is 2.93. The number of primary amides is 1. The maximum atomic E-state index is 13.5. The molecule has 0 aromatic heterocycles. The lowest BCUT2D eigenvalue weighted by Crippen LogP contribution is -2.45.